The average molecular weight is 468 g/mol. The largest absolute Gasteiger partial charge is 0.355 e. The normalized spacial score (nSPS) is 19.9. The highest BCUT2D eigenvalue weighted by molar-refractivity contribution is 8.04. The zero-order chi connectivity index (χ0) is 23.7. The molecule has 0 aromatic carbocycles. The molecule has 176 valence electrons. The van der Waals surface area contributed by atoms with Gasteiger partial charge in [0.2, 0.25) is 5.91 Å². The molecule has 0 saturated heterocycles. The average Bonchev–Trinajstić information content (AvgIpc) is 2.63. The molecule has 0 heterocycles. The first-order chi connectivity index (χ1) is 14.3. The van der Waals surface area contributed by atoms with Crippen LogP contribution in [-0.2, 0) is 14.4 Å². The van der Waals surface area contributed by atoms with E-state index in [1.165, 1.54) is 0 Å². The van der Waals surface area contributed by atoms with Crippen molar-refractivity contribution >= 4 is 55.8 Å². The molecular formula is C22H42B2N2O3S2. The molecule has 9 heteroatoms. The fraction of sp³-hybridized carbons (Fsp3) is 0.864. The summed E-state index contributed by atoms with van der Waals surface area (Å²) in [5.74, 6) is 1.44. The molecule has 0 aliphatic heterocycles. The molecule has 0 spiro atoms. The van der Waals surface area contributed by atoms with Crippen molar-refractivity contribution in [3.05, 3.63) is 0 Å². The van der Waals surface area contributed by atoms with Crippen molar-refractivity contribution in [2.75, 3.05) is 18.1 Å². The van der Waals surface area contributed by atoms with Gasteiger partial charge in [-0.3, -0.25) is 9.59 Å². The van der Waals surface area contributed by atoms with E-state index < -0.39 is 0 Å². The van der Waals surface area contributed by atoms with Gasteiger partial charge in [0.1, 0.15) is 5.78 Å². The summed E-state index contributed by atoms with van der Waals surface area (Å²) >= 11 is 3.48. The van der Waals surface area contributed by atoms with Crippen molar-refractivity contribution < 1.29 is 14.4 Å². The lowest BCUT2D eigenvalue weighted by atomic mass is 9.51. The smallest absolute Gasteiger partial charge is 0.230 e. The lowest BCUT2D eigenvalue weighted by Gasteiger charge is -2.35. The van der Waals surface area contributed by atoms with Crippen molar-refractivity contribution in [2.45, 2.75) is 95.7 Å². The van der Waals surface area contributed by atoms with E-state index in [-0.39, 0.29) is 28.6 Å². The van der Waals surface area contributed by atoms with Gasteiger partial charge in [0, 0.05) is 28.0 Å². The standard InChI is InChI=1S/C22H42B2N2O3S2/c1-21(2,3)18(27)13-30-16-10-11-17(16)31-14-19(28)25-12-8-7-9-15(20(29)24-23)26-22(4,5)6/h15-17,24,26H,7-14,23H2,1-6H3,(H,25,28)/t15-,16?,17?/m0/s1. The molecule has 0 aromatic rings. The minimum Gasteiger partial charge on any atom is -0.355 e. The molecule has 0 radical (unpaired) electrons. The minimum absolute atomic E-state index is 0.0837. The number of carbonyl (C=O) groups is 3. The monoisotopic (exact) mass is 468 g/mol. The maximum atomic E-state index is 12.2. The van der Waals surface area contributed by atoms with Crippen LogP contribution in [0.3, 0.4) is 0 Å². The van der Waals surface area contributed by atoms with E-state index in [4.69, 9.17) is 0 Å². The number of hydrogen-bond donors (Lipinski definition) is 2. The van der Waals surface area contributed by atoms with E-state index in [0.717, 1.165) is 32.1 Å². The highest BCUT2D eigenvalue weighted by atomic mass is 32.2. The SMILES string of the molecule is BBC(=O)[C@H](CCCCNC(=O)CSC1CCC1SCC(=O)C(C)(C)C)NC(C)(C)C. The fourth-order valence-electron chi connectivity index (χ4n) is 3.24. The third-order valence-electron chi connectivity index (χ3n) is 5.43. The number of hydrogen-bond acceptors (Lipinski definition) is 6. The molecule has 1 saturated carbocycles. The van der Waals surface area contributed by atoms with Crippen LogP contribution < -0.4 is 10.6 Å². The molecule has 0 bridgehead atoms. The molecule has 5 nitrogen and oxygen atoms in total. The van der Waals surface area contributed by atoms with E-state index in [2.05, 4.69) is 31.4 Å². The van der Waals surface area contributed by atoms with Gasteiger partial charge in [0.05, 0.1) is 31.0 Å². The Bertz CT molecular complexity index is 607. The van der Waals surface area contributed by atoms with E-state index in [1.807, 2.05) is 28.5 Å². The zero-order valence-electron chi connectivity index (χ0n) is 20.6. The second kappa shape index (κ2) is 13.3. The molecule has 3 atom stereocenters. The third kappa shape index (κ3) is 11.9. The van der Waals surface area contributed by atoms with Gasteiger partial charge in [-0.15, -0.1) is 23.5 Å². The lowest BCUT2D eigenvalue weighted by Crippen LogP contribution is -2.49. The molecule has 1 rings (SSSR count). The van der Waals surface area contributed by atoms with Gasteiger partial charge in [-0.25, -0.2) is 0 Å². The maximum absolute atomic E-state index is 12.2. The fourth-order valence-corrected chi connectivity index (χ4v) is 6.28. The number of ketones is 1. The van der Waals surface area contributed by atoms with Crippen LogP contribution in [0, 0.1) is 5.41 Å². The molecule has 1 aliphatic carbocycles. The summed E-state index contributed by atoms with van der Waals surface area (Å²) in [7, 11) is 2.46. The van der Waals surface area contributed by atoms with Gasteiger partial charge >= 0.3 is 0 Å². The number of rotatable bonds is 14. The van der Waals surface area contributed by atoms with Gasteiger partial charge in [-0.05, 0) is 52.9 Å². The number of carbonyl (C=O) groups excluding carboxylic acids is 3. The molecule has 31 heavy (non-hydrogen) atoms. The zero-order valence-corrected chi connectivity index (χ0v) is 22.3. The van der Waals surface area contributed by atoms with Crippen LogP contribution >= 0.6 is 23.5 Å². The number of Topliss-reactive ketones (excluding diaryl/α,β-unsaturated/α-hetero) is 1. The first-order valence-electron chi connectivity index (χ1n) is 11.7. The van der Waals surface area contributed by atoms with Crippen molar-refractivity contribution in [3.8, 4) is 0 Å². The Kier molecular flexibility index (Phi) is 12.3. The topological polar surface area (TPSA) is 75.3 Å². The molecule has 2 N–H and O–H groups in total. The third-order valence-corrected chi connectivity index (χ3v) is 8.44. The van der Waals surface area contributed by atoms with Crippen molar-refractivity contribution in [2.24, 2.45) is 5.41 Å². The summed E-state index contributed by atoms with van der Waals surface area (Å²) in [5.41, 5.74) is -0.0997. The van der Waals surface area contributed by atoms with Gasteiger partial charge in [0.15, 0.2) is 7.17 Å². The Morgan fingerprint density at radius 2 is 1.58 bits per heavy atom. The van der Waals surface area contributed by atoms with E-state index >= 15 is 0 Å². The van der Waals surface area contributed by atoms with Crippen LogP contribution in [0.25, 0.3) is 0 Å². The molecule has 1 fully saturated rings. The van der Waals surface area contributed by atoms with E-state index in [1.54, 1.807) is 23.5 Å². The van der Waals surface area contributed by atoms with Crippen LogP contribution in [0.15, 0.2) is 0 Å². The predicted molar refractivity (Wildman–Crippen MR) is 140 cm³/mol. The highest BCUT2D eigenvalue weighted by Crippen LogP contribution is 2.40. The Morgan fingerprint density at radius 1 is 1.00 bits per heavy atom. The summed E-state index contributed by atoms with van der Waals surface area (Å²) in [4.78, 5) is 36.4. The minimum atomic E-state index is -0.272. The lowest BCUT2D eigenvalue weighted by molar-refractivity contribution is -0.123. The molecule has 2 unspecified atom stereocenters. The van der Waals surface area contributed by atoms with Crippen LogP contribution in [0.5, 0.6) is 0 Å². The van der Waals surface area contributed by atoms with Crippen LogP contribution in [-0.4, -0.2) is 72.4 Å². The first-order valence-corrected chi connectivity index (χ1v) is 13.8. The Labute approximate surface area is 199 Å². The molecular weight excluding hydrogens is 426 g/mol. The number of unbranched alkanes of at least 4 members (excludes halogenated alkanes) is 1. The predicted octanol–water partition coefficient (Wildman–Crippen LogP) is 2.15. The van der Waals surface area contributed by atoms with Gasteiger partial charge in [-0.2, -0.15) is 0 Å². The molecule has 1 aliphatic rings. The number of amides is 1. The van der Waals surface area contributed by atoms with Gasteiger partial charge < -0.3 is 15.4 Å². The number of nitrogens with one attached hydrogen (secondary N) is 2. The highest BCUT2D eigenvalue weighted by Gasteiger charge is 2.33. The van der Waals surface area contributed by atoms with Crippen LogP contribution in [0.1, 0.15) is 73.6 Å². The first kappa shape index (κ1) is 28.6. The molecule has 1 amide bonds. The second-order valence-corrected chi connectivity index (χ2v) is 13.0. The Morgan fingerprint density at radius 3 is 2.06 bits per heavy atom. The summed E-state index contributed by atoms with van der Waals surface area (Å²) < 4.78 is 0. The van der Waals surface area contributed by atoms with Gasteiger partial charge in [-0.1, -0.05) is 20.8 Å². The van der Waals surface area contributed by atoms with Crippen LogP contribution in [0.4, 0.5) is 0 Å². The Hall–Kier alpha value is -0.400. The van der Waals surface area contributed by atoms with Crippen molar-refractivity contribution in [1.29, 1.82) is 0 Å². The van der Waals surface area contributed by atoms with E-state index in [9.17, 15) is 14.4 Å². The maximum Gasteiger partial charge on any atom is 0.230 e. The van der Waals surface area contributed by atoms with Crippen LogP contribution in [0.2, 0.25) is 0 Å². The summed E-state index contributed by atoms with van der Waals surface area (Å²) in [6, 6.07) is -0.102. The quantitative estimate of drug-likeness (QED) is 0.301. The second-order valence-electron chi connectivity index (χ2n) is 10.6. The van der Waals surface area contributed by atoms with Crippen molar-refractivity contribution in [3.63, 3.8) is 0 Å². The summed E-state index contributed by atoms with van der Waals surface area (Å²) in [6.45, 7) is 12.8. The van der Waals surface area contributed by atoms with Crippen molar-refractivity contribution in [1.82, 2.24) is 10.6 Å². The van der Waals surface area contributed by atoms with E-state index in [0.29, 0.717) is 41.5 Å². The Balaban J connectivity index is 2.19. The summed E-state index contributed by atoms with van der Waals surface area (Å²) in [5, 5.41) is 7.40. The number of thioether (sulfide) groups is 2. The molecule has 0 aromatic heterocycles. The summed E-state index contributed by atoms with van der Waals surface area (Å²) in [6.07, 6.45) is 4.87. The van der Waals surface area contributed by atoms with Gasteiger partial charge in [0.25, 0.3) is 0 Å².